The molecule has 0 aliphatic carbocycles. The molecule has 0 spiro atoms. The van der Waals surface area contributed by atoms with Crippen LogP contribution in [0.2, 0.25) is 5.02 Å². The van der Waals surface area contributed by atoms with Crippen molar-refractivity contribution < 1.29 is 9.90 Å². The van der Waals surface area contributed by atoms with Crippen LogP contribution >= 0.6 is 61.9 Å². The van der Waals surface area contributed by atoms with E-state index in [9.17, 15) is 9.90 Å². The molecule has 3 nitrogen and oxygen atoms in total. The van der Waals surface area contributed by atoms with E-state index in [0.717, 1.165) is 41.9 Å². The van der Waals surface area contributed by atoms with Crippen LogP contribution in [0.3, 0.4) is 0 Å². The van der Waals surface area contributed by atoms with Crippen molar-refractivity contribution in [3.8, 4) is 0 Å². The molecule has 2 aromatic carbocycles. The van der Waals surface area contributed by atoms with Crippen LogP contribution in [0, 0.1) is 9.49 Å². The number of hydrogen-bond acceptors (Lipinski definition) is 2. The predicted molar refractivity (Wildman–Crippen MR) is 122 cm³/mol. The van der Waals surface area contributed by atoms with Crippen molar-refractivity contribution >= 4 is 78.8 Å². The topological polar surface area (TPSA) is 42.2 Å². The van der Waals surface area contributed by atoms with Crippen molar-refractivity contribution in [3.63, 3.8) is 0 Å². The van der Waals surface area contributed by atoms with Crippen molar-refractivity contribution in [1.82, 2.24) is 4.57 Å². The van der Waals surface area contributed by atoms with Crippen LogP contribution in [-0.2, 0) is 11.3 Å². The second-order valence-electron chi connectivity index (χ2n) is 6.73. The number of hydrogen-bond donors (Lipinski definition) is 1. The summed E-state index contributed by atoms with van der Waals surface area (Å²) < 4.78 is 4.51. The van der Waals surface area contributed by atoms with E-state index in [-0.39, 0.29) is 5.92 Å². The second-order valence-corrected chi connectivity index (χ2v) is 10.3. The Kier molecular flexibility index (Phi) is 5.53. The first-order valence-corrected chi connectivity index (χ1v) is 11.6. The molecule has 2 unspecified atom stereocenters. The number of aliphatic carboxylic acids is 1. The van der Waals surface area contributed by atoms with Crippen molar-refractivity contribution in [2.45, 2.75) is 35.6 Å². The highest BCUT2D eigenvalue weighted by molar-refractivity contribution is 14.1. The lowest BCUT2D eigenvalue weighted by molar-refractivity contribution is -0.141. The lowest BCUT2D eigenvalue weighted by Crippen LogP contribution is -2.17. The van der Waals surface area contributed by atoms with Gasteiger partial charge in [-0.05, 0) is 65.4 Å². The molecule has 4 rings (SSSR count). The summed E-state index contributed by atoms with van der Waals surface area (Å²) in [6.07, 6.45) is 0.857. The molecule has 140 valence electrons. The molecule has 0 bridgehead atoms. The fourth-order valence-corrected chi connectivity index (χ4v) is 6.91. The summed E-state index contributed by atoms with van der Waals surface area (Å²) in [7, 11) is 0. The van der Waals surface area contributed by atoms with Crippen molar-refractivity contribution in [3.05, 3.63) is 55.2 Å². The fourth-order valence-electron chi connectivity index (χ4n) is 3.78. The molecule has 7 heteroatoms. The fraction of sp³-hybridized carbons (Fsp3) is 0.250. The van der Waals surface area contributed by atoms with E-state index in [4.69, 9.17) is 11.6 Å². The molecule has 0 radical (unpaired) electrons. The van der Waals surface area contributed by atoms with E-state index in [2.05, 4.69) is 55.2 Å². The minimum Gasteiger partial charge on any atom is -0.481 e. The zero-order valence-corrected chi connectivity index (χ0v) is 19.7. The maximum Gasteiger partial charge on any atom is 0.306 e. The van der Waals surface area contributed by atoms with Gasteiger partial charge in [0.05, 0.1) is 11.4 Å². The van der Waals surface area contributed by atoms with Gasteiger partial charge in [-0.2, -0.15) is 0 Å². The zero-order valence-electron chi connectivity index (χ0n) is 14.4. The Morgan fingerprint density at radius 3 is 2.74 bits per heavy atom. The first-order chi connectivity index (χ1) is 12.9. The number of carbonyl (C=O) groups is 1. The molecule has 2 atom stereocenters. The molecule has 0 fully saturated rings. The van der Waals surface area contributed by atoms with Crippen molar-refractivity contribution in [1.29, 1.82) is 0 Å². The third-order valence-corrected chi connectivity index (χ3v) is 7.74. The summed E-state index contributed by atoms with van der Waals surface area (Å²) in [5, 5.41) is 11.5. The standard InChI is InChI=1S/C20H16BrClINO2S/c1-10(20(25)26)14-6-7-24-16-9-12(23)8-15(21)17(16)19(18(14)24)27-13-4-2-11(22)3-5-13/h2-5,8-10,14H,6-7H2,1H3,(H,25,26). The van der Waals surface area contributed by atoms with Gasteiger partial charge in [0.2, 0.25) is 0 Å². The predicted octanol–water partition coefficient (Wildman–Crippen LogP) is 7.02. The highest BCUT2D eigenvalue weighted by Crippen LogP contribution is 2.50. The van der Waals surface area contributed by atoms with Gasteiger partial charge in [0.1, 0.15) is 0 Å². The highest BCUT2D eigenvalue weighted by Gasteiger charge is 2.36. The number of benzene rings is 2. The Morgan fingerprint density at radius 1 is 1.37 bits per heavy atom. The van der Waals surface area contributed by atoms with Gasteiger partial charge in [0, 0.05) is 46.4 Å². The monoisotopic (exact) mass is 575 g/mol. The average Bonchev–Trinajstić information content (AvgIpc) is 3.16. The minimum atomic E-state index is -0.741. The second kappa shape index (κ2) is 7.61. The number of halogens is 3. The largest absolute Gasteiger partial charge is 0.481 e. The Balaban J connectivity index is 1.94. The van der Waals surface area contributed by atoms with Crippen LogP contribution in [0.15, 0.2) is 50.7 Å². The molecular formula is C20H16BrClINO2S. The maximum atomic E-state index is 11.7. The van der Waals surface area contributed by atoms with Gasteiger partial charge in [0.15, 0.2) is 0 Å². The summed E-state index contributed by atoms with van der Waals surface area (Å²) in [5.74, 6) is -1.15. The minimum absolute atomic E-state index is 0.00858. The Labute approximate surface area is 188 Å². The lowest BCUT2D eigenvalue weighted by Gasteiger charge is -2.16. The van der Waals surface area contributed by atoms with E-state index in [0.29, 0.717) is 5.02 Å². The van der Waals surface area contributed by atoms with Crippen molar-refractivity contribution in [2.24, 2.45) is 5.92 Å². The number of aromatic nitrogens is 1. The molecule has 2 heterocycles. The van der Waals surface area contributed by atoms with E-state index >= 15 is 0 Å². The number of nitrogens with zero attached hydrogens (tertiary/aromatic N) is 1. The zero-order chi connectivity index (χ0) is 19.3. The molecule has 1 aromatic heterocycles. The molecule has 1 aliphatic heterocycles. The van der Waals surface area contributed by atoms with Crippen LogP contribution in [-0.4, -0.2) is 15.6 Å². The smallest absolute Gasteiger partial charge is 0.306 e. The molecule has 27 heavy (non-hydrogen) atoms. The van der Waals surface area contributed by atoms with Gasteiger partial charge in [-0.1, -0.05) is 46.2 Å². The Morgan fingerprint density at radius 2 is 2.07 bits per heavy atom. The van der Waals surface area contributed by atoms with Crippen LogP contribution in [0.25, 0.3) is 10.9 Å². The van der Waals surface area contributed by atoms with Gasteiger partial charge in [0.25, 0.3) is 0 Å². The van der Waals surface area contributed by atoms with E-state index < -0.39 is 11.9 Å². The van der Waals surface area contributed by atoms with Gasteiger partial charge >= 0.3 is 5.97 Å². The van der Waals surface area contributed by atoms with Crippen molar-refractivity contribution in [2.75, 3.05) is 0 Å². The summed E-state index contributed by atoms with van der Waals surface area (Å²) in [6, 6.07) is 12.1. The number of aryl methyl sites for hydroxylation is 1. The van der Waals surface area contributed by atoms with Gasteiger partial charge in [-0.15, -0.1) is 0 Å². The summed E-state index contributed by atoms with van der Waals surface area (Å²) in [5.41, 5.74) is 2.31. The summed E-state index contributed by atoms with van der Waals surface area (Å²) in [6.45, 7) is 2.66. The summed E-state index contributed by atoms with van der Waals surface area (Å²) >= 11 is 13.8. The molecule has 0 saturated heterocycles. The Bertz CT molecular complexity index is 1050. The number of fused-ring (bicyclic) bond motifs is 3. The molecular weight excluding hydrogens is 561 g/mol. The highest BCUT2D eigenvalue weighted by atomic mass is 127. The molecule has 3 aromatic rings. The molecule has 0 saturated carbocycles. The lowest BCUT2D eigenvalue weighted by atomic mass is 9.90. The Hall–Kier alpha value is -0.700. The number of carboxylic acid groups (broad SMARTS) is 1. The average molecular weight is 577 g/mol. The van der Waals surface area contributed by atoms with Crippen LogP contribution in [0.4, 0.5) is 0 Å². The van der Waals surface area contributed by atoms with Gasteiger partial charge in [-0.25, -0.2) is 0 Å². The first-order valence-electron chi connectivity index (χ1n) is 8.54. The van der Waals surface area contributed by atoms with Crippen LogP contribution < -0.4 is 0 Å². The molecule has 1 aliphatic rings. The third kappa shape index (κ3) is 3.54. The first kappa shape index (κ1) is 19.6. The number of rotatable bonds is 4. The maximum absolute atomic E-state index is 11.7. The summed E-state index contributed by atoms with van der Waals surface area (Å²) in [4.78, 5) is 13.9. The van der Waals surface area contributed by atoms with Crippen LogP contribution in [0.1, 0.15) is 25.0 Å². The SMILES string of the molecule is CC(C(=O)O)C1CCn2c1c(Sc1ccc(Cl)cc1)c1c(Br)cc(I)cc12. The van der Waals surface area contributed by atoms with E-state index in [1.165, 1.54) is 5.52 Å². The molecule has 1 N–H and O–H groups in total. The number of carboxylic acids is 1. The van der Waals surface area contributed by atoms with Gasteiger partial charge in [-0.3, -0.25) is 4.79 Å². The van der Waals surface area contributed by atoms with E-state index in [1.807, 2.05) is 31.2 Å². The van der Waals surface area contributed by atoms with E-state index in [1.54, 1.807) is 11.8 Å². The normalized spacial score (nSPS) is 17.3. The third-order valence-electron chi connectivity index (χ3n) is 5.12. The van der Waals surface area contributed by atoms with Crippen LogP contribution in [0.5, 0.6) is 0 Å². The molecule has 0 amide bonds. The quantitative estimate of drug-likeness (QED) is 0.340. The van der Waals surface area contributed by atoms with Gasteiger partial charge < -0.3 is 9.67 Å².